The van der Waals surface area contributed by atoms with Gasteiger partial charge in [-0.2, -0.15) is 0 Å². The molecule has 1 saturated carbocycles. The van der Waals surface area contributed by atoms with Crippen LogP contribution in [0, 0.1) is 5.92 Å². The van der Waals surface area contributed by atoms with Crippen LogP contribution in [0.5, 0.6) is 0 Å². The van der Waals surface area contributed by atoms with Crippen LogP contribution >= 0.6 is 11.6 Å². The van der Waals surface area contributed by atoms with Gasteiger partial charge in [0.05, 0.1) is 18.5 Å². The van der Waals surface area contributed by atoms with Crippen LogP contribution in [-0.4, -0.2) is 38.6 Å². The Morgan fingerprint density at radius 2 is 1.96 bits per heavy atom. The summed E-state index contributed by atoms with van der Waals surface area (Å²) in [7, 11) is 0. The lowest BCUT2D eigenvalue weighted by Crippen LogP contribution is -2.33. The number of benzene rings is 1. The van der Waals surface area contributed by atoms with E-state index in [1.165, 1.54) is 12.8 Å². The number of anilines is 1. The third-order valence-electron chi connectivity index (χ3n) is 5.29. The van der Waals surface area contributed by atoms with Crippen LogP contribution < -0.4 is 10.2 Å². The fourth-order valence-electron chi connectivity index (χ4n) is 3.83. The Kier molecular flexibility index (Phi) is 5.07. The Labute approximate surface area is 161 Å². The Hall–Kier alpha value is -2.48. The van der Waals surface area contributed by atoms with Crippen LogP contribution in [0.1, 0.15) is 44.0 Å². The SMILES string of the molecule is O=C(NCc1nnnn1C1CCCC1)C1CC(=O)N(c2ccc(Cl)cc2)C1. The zero-order valence-corrected chi connectivity index (χ0v) is 15.6. The molecule has 1 aromatic carbocycles. The Balaban J connectivity index is 1.36. The summed E-state index contributed by atoms with van der Waals surface area (Å²) in [5.41, 5.74) is 0.755. The largest absolute Gasteiger partial charge is 0.348 e. The summed E-state index contributed by atoms with van der Waals surface area (Å²) in [6.45, 7) is 0.633. The Bertz CT molecular complexity index is 831. The summed E-state index contributed by atoms with van der Waals surface area (Å²) >= 11 is 5.90. The maximum atomic E-state index is 12.6. The highest BCUT2D eigenvalue weighted by Crippen LogP contribution is 2.29. The van der Waals surface area contributed by atoms with E-state index in [1.54, 1.807) is 29.2 Å². The number of hydrogen-bond acceptors (Lipinski definition) is 5. The van der Waals surface area contributed by atoms with Gasteiger partial charge in [0.1, 0.15) is 0 Å². The lowest BCUT2D eigenvalue weighted by molar-refractivity contribution is -0.126. The first-order chi connectivity index (χ1) is 13.1. The van der Waals surface area contributed by atoms with Gasteiger partial charge in [0.2, 0.25) is 11.8 Å². The number of carbonyl (C=O) groups excluding carboxylic acids is 2. The molecule has 4 rings (SSSR count). The van der Waals surface area contributed by atoms with Crippen molar-refractivity contribution in [2.24, 2.45) is 5.92 Å². The van der Waals surface area contributed by atoms with Gasteiger partial charge in [-0.05, 0) is 47.5 Å². The van der Waals surface area contributed by atoms with Crippen LogP contribution in [0.15, 0.2) is 24.3 Å². The quantitative estimate of drug-likeness (QED) is 0.846. The molecule has 8 nitrogen and oxygen atoms in total. The van der Waals surface area contributed by atoms with Crippen molar-refractivity contribution in [3.63, 3.8) is 0 Å². The van der Waals surface area contributed by atoms with Gasteiger partial charge < -0.3 is 10.2 Å². The van der Waals surface area contributed by atoms with Crippen molar-refractivity contribution in [2.75, 3.05) is 11.4 Å². The number of nitrogens with one attached hydrogen (secondary N) is 1. The highest BCUT2D eigenvalue weighted by Gasteiger charge is 2.35. The molecule has 2 aromatic rings. The van der Waals surface area contributed by atoms with Crippen molar-refractivity contribution in [1.82, 2.24) is 25.5 Å². The zero-order valence-electron chi connectivity index (χ0n) is 14.8. The molecule has 1 atom stereocenters. The molecule has 0 radical (unpaired) electrons. The molecule has 2 amide bonds. The minimum atomic E-state index is -0.385. The Morgan fingerprint density at radius 1 is 1.22 bits per heavy atom. The van der Waals surface area contributed by atoms with Gasteiger partial charge in [0.25, 0.3) is 0 Å². The number of amides is 2. The summed E-state index contributed by atoms with van der Waals surface area (Å²) in [4.78, 5) is 26.5. The molecule has 2 heterocycles. The van der Waals surface area contributed by atoms with Crippen LogP contribution in [0.2, 0.25) is 5.02 Å². The van der Waals surface area contributed by atoms with E-state index in [1.807, 2.05) is 4.68 Å². The standard InChI is InChI=1S/C18H21ClN6O2/c19-13-5-7-14(8-6-13)24-11-12(9-17(24)26)18(27)20-10-16-21-22-23-25(16)15-3-1-2-4-15/h5-8,12,15H,1-4,9-11H2,(H,20,27). The van der Waals surface area contributed by atoms with E-state index >= 15 is 0 Å². The summed E-state index contributed by atoms with van der Waals surface area (Å²) in [6.07, 6.45) is 4.70. The Morgan fingerprint density at radius 3 is 2.70 bits per heavy atom. The van der Waals surface area contributed by atoms with E-state index in [2.05, 4.69) is 20.8 Å². The topological polar surface area (TPSA) is 93.0 Å². The van der Waals surface area contributed by atoms with Crippen molar-refractivity contribution < 1.29 is 9.59 Å². The number of nitrogens with zero attached hydrogens (tertiary/aromatic N) is 5. The average Bonchev–Trinajstić information content (AvgIpc) is 3.40. The second-order valence-corrected chi connectivity index (χ2v) is 7.51. The van der Waals surface area contributed by atoms with Crippen molar-refractivity contribution in [2.45, 2.75) is 44.7 Å². The molecule has 1 aromatic heterocycles. The molecule has 142 valence electrons. The monoisotopic (exact) mass is 388 g/mol. The third-order valence-corrected chi connectivity index (χ3v) is 5.54. The summed E-state index contributed by atoms with van der Waals surface area (Å²) in [6, 6.07) is 7.37. The first-order valence-electron chi connectivity index (χ1n) is 9.22. The second kappa shape index (κ2) is 7.64. The van der Waals surface area contributed by atoms with Crippen LogP contribution in [0.25, 0.3) is 0 Å². The van der Waals surface area contributed by atoms with E-state index < -0.39 is 0 Å². The minimum Gasteiger partial charge on any atom is -0.348 e. The summed E-state index contributed by atoms with van der Waals surface area (Å²) < 4.78 is 1.83. The van der Waals surface area contributed by atoms with E-state index in [9.17, 15) is 9.59 Å². The first kappa shape index (κ1) is 17.9. The highest BCUT2D eigenvalue weighted by molar-refractivity contribution is 6.30. The molecular weight excluding hydrogens is 368 g/mol. The number of rotatable bonds is 5. The van der Waals surface area contributed by atoms with E-state index in [4.69, 9.17) is 11.6 Å². The fraction of sp³-hybridized carbons (Fsp3) is 0.500. The average molecular weight is 389 g/mol. The van der Waals surface area contributed by atoms with Gasteiger partial charge in [0, 0.05) is 23.7 Å². The minimum absolute atomic E-state index is 0.0618. The molecule has 1 unspecified atom stereocenters. The smallest absolute Gasteiger partial charge is 0.227 e. The van der Waals surface area contributed by atoms with Gasteiger partial charge in [-0.1, -0.05) is 24.4 Å². The van der Waals surface area contributed by atoms with E-state index in [0.717, 1.165) is 18.5 Å². The second-order valence-electron chi connectivity index (χ2n) is 7.08. The van der Waals surface area contributed by atoms with Crippen LogP contribution in [0.3, 0.4) is 0 Å². The first-order valence-corrected chi connectivity index (χ1v) is 9.60. The molecule has 1 aliphatic heterocycles. The number of tetrazole rings is 1. The molecule has 2 aliphatic rings. The normalized spacial score (nSPS) is 20.4. The maximum absolute atomic E-state index is 12.6. The lowest BCUT2D eigenvalue weighted by Gasteiger charge is -2.17. The van der Waals surface area contributed by atoms with Gasteiger partial charge in [-0.3, -0.25) is 9.59 Å². The molecule has 1 N–H and O–H groups in total. The highest BCUT2D eigenvalue weighted by atomic mass is 35.5. The van der Waals surface area contributed by atoms with Crippen LogP contribution in [0.4, 0.5) is 5.69 Å². The molecule has 2 fully saturated rings. The predicted molar refractivity (Wildman–Crippen MR) is 99.1 cm³/mol. The maximum Gasteiger partial charge on any atom is 0.227 e. The number of hydrogen-bond donors (Lipinski definition) is 1. The van der Waals surface area contributed by atoms with Crippen molar-refractivity contribution in [3.05, 3.63) is 35.1 Å². The summed E-state index contributed by atoms with van der Waals surface area (Å²) in [5, 5.41) is 15.4. The van der Waals surface area contributed by atoms with Crippen molar-refractivity contribution in [3.8, 4) is 0 Å². The molecule has 27 heavy (non-hydrogen) atoms. The van der Waals surface area contributed by atoms with Gasteiger partial charge >= 0.3 is 0 Å². The van der Waals surface area contributed by atoms with Crippen molar-refractivity contribution >= 4 is 29.1 Å². The van der Waals surface area contributed by atoms with Gasteiger partial charge in [-0.25, -0.2) is 4.68 Å². The van der Waals surface area contributed by atoms with E-state index in [0.29, 0.717) is 23.4 Å². The molecule has 0 spiro atoms. The van der Waals surface area contributed by atoms with Crippen LogP contribution in [-0.2, 0) is 16.1 Å². The molecular formula is C18H21ClN6O2. The molecule has 1 saturated heterocycles. The number of aromatic nitrogens is 4. The molecule has 9 heteroatoms. The van der Waals surface area contributed by atoms with Gasteiger partial charge in [-0.15, -0.1) is 5.10 Å². The predicted octanol–water partition coefficient (Wildman–Crippen LogP) is 2.11. The van der Waals surface area contributed by atoms with E-state index in [-0.39, 0.29) is 30.7 Å². The third kappa shape index (κ3) is 3.80. The summed E-state index contributed by atoms with van der Waals surface area (Å²) in [5.74, 6) is 0.0622. The lowest BCUT2D eigenvalue weighted by atomic mass is 10.1. The zero-order chi connectivity index (χ0) is 18.8. The number of halogens is 1. The fourth-order valence-corrected chi connectivity index (χ4v) is 3.95. The molecule has 1 aliphatic carbocycles. The van der Waals surface area contributed by atoms with Gasteiger partial charge in [0.15, 0.2) is 5.82 Å². The number of carbonyl (C=O) groups is 2. The molecule has 0 bridgehead atoms. The van der Waals surface area contributed by atoms with Crippen molar-refractivity contribution in [1.29, 1.82) is 0 Å².